The van der Waals surface area contributed by atoms with Crippen molar-refractivity contribution in [1.29, 1.82) is 0 Å². The number of rotatable bonds is 7. The van der Waals surface area contributed by atoms with E-state index in [0.717, 1.165) is 6.07 Å². The molecule has 108 valence electrons. The quantitative estimate of drug-likeness (QED) is 0.478. The average Bonchev–Trinajstić information content (AvgIpc) is 2.38. The second kappa shape index (κ2) is 6.48. The molecule has 0 fully saturated rings. The van der Waals surface area contributed by atoms with Crippen LogP contribution in [0.3, 0.4) is 0 Å². The number of nitro benzene ring substituents is 1. The van der Waals surface area contributed by atoms with Crippen LogP contribution in [0.1, 0.15) is 10.4 Å². The largest absolute Gasteiger partial charge is 0.479 e. The van der Waals surface area contributed by atoms with Crippen molar-refractivity contribution >= 4 is 23.3 Å². The highest BCUT2D eigenvalue weighted by Gasteiger charge is 2.20. The van der Waals surface area contributed by atoms with Gasteiger partial charge in [0, 0.05) is 18.7 Å². The fourth-order valence-corrected chi connectivity index (χ4v) is 1.46. The number of ether oxygens (including phenoxy) is 1. The third kappa shape index (κ3) is 3.65. The Kier molecular flexibility index (Phi) is 4.98. The molecule has 1 aromatic rings. The smallest absolute Gasteiger partial charge is 0.334 e. The SMILES string of the molecule is COC(CNc1cc(C(N)=O)ccc1[N+](=O)[O-])C(=O)O. The van der Waals surface area contributed by atoms with Crippen molar-refractivity contribution in [3.63, 3.8) is 0 Å². The number of methoxy groups -OCH3 is 1. The van der Waals surface area contributed by atoms with Crippen molar-refractivity contribution in [3.8, 4) is 0 Å². The number of carbonyl (C=O) groups excluding carboxylic acids is 1. The molecular formula is C11H13N3O6. The average molecular weight is 283 g/mol. The van der Waals surface area contributed by atoms with Crippen molar-refractivity contribution in [2.24, 2.45) is 5.73 Å². The third-order valence-corrected chi connectivity index (χ3v) is 2.52. The van der Waals surface area contributed by atoms with Crippen LogP contribution in [0, 0.1) is 10.1 Å². The van der Waals surface area contributed by atoms with Crippen LogP contribution >= 0.6 is 0 Å². The van der Waals surface area contributed by atoms with Crippen LogP contribution in [-0.2, 0) is 9.53 Å². The number of amides is 1. The van der Waals surface area contributed by atoms with Crippen molar-refractivity contribution in [1.82, 2.24) is 0 Å². The summed E-state index contributed by atoms with van der Waals surface area (Å²) >= 11 is 0. The zero-order chi connectivity index (χ0) is 15.3. The predicted molar refractivity (Wildman–Crippen MR) is 68.5 cm³/mol. The zero-order valence-corrected chi connectivity index (χ0v) is 10.5. The summed E-state index contributed by atoms with van der Waals surface area (Å²) in [7, 11) is 1.20. The van der Waals surface area contributed by atoms with E-state index in [1.54, 1.807) is 0 Å². The Morgan fingerprint density at radius 2 is 2.20 bits per heavy atom. The van der Waals surface area contributed by atoms with Crippen LogP contribution in [0.25, 0.3) is 0 Å². The first-order valence-corrected chi connectivity index (χ1v) is 5.44. The molecule has 0 aromatic heterocycles. The van der Waals surface area contributed by atoms with Crippen LogP contribution in [0.4, 0.5) is 11.4 Å². The molecule has 0 aliphatic rings. The lowest BCUT2D eigenvalue weighted by molar-refractivity contribution is -0.384. The van der Waals surface area contributed by atoms with E-state index in [-0.39, 0.29) is 23.5 Å². The van der Waals surface area contributed by atoms with Crippen LogP contribution in [0.2, 0.25) is 0 Å². The number of benzene rings is 1. The van der Waals surface area contributed by atoms with E-state index in [2.05, 4.69) is 10.1 Å². The van der Waals surface area contributed by atoms with E-state index < -0.39 is 22.9 Å². The normalized spacial score (nSPS) is 11.7. The van der Waals surface area contributed by atoms with E-state index >= 15 is 0 Å². The number of hydrogen-bond donors (Lipinski definition) is 3. The molecule has 1 unspecified atom stereocenters. The van der Waals surface area contributed by atoms with E-state index in [1.165, 1.54) is 19.2 Å². The molecule has 4 N–H and O–H groups in total. The van der Waals surface area contributed by atoms with Gasteiger partial charge in [-0.2, -0.15) is 0 Å². The molecular weight excluding hydrogens is 270 g/mol. The van der Waals surface area contributed by atoms with Crippen molar-refractivity contribution in [2.45, 2.75) is 6.10 Å². The molecule has 0 aliphatic heterocycles. The first-order chi connectivity index (χ1) is 9.36. The first-order valence-electron chi connectivity index (χ1n) is 5.44. The highest BCUT2D eigenvalue weighted by Crippen LogP contribution is 2.25. The van der Waals surface area contributed by atoms with Crippen molar-refractivity contribution in [3.05, 3.63) is 33.9 Å². The van der Waals surface area contributed by atoms with Crippen LogP contribution < -0.4 is 11.1 Å². The second-order valence-electron chi connectivity index (χ2n) is 3.80. The summed E-state index contributed by atoms with van der Waals surface area (Å²) < 4.78 is 4.69. The van der Waals surface area contributed by atoms with E-state index in [9.17, 15) is 19.7 Å². The number of carboxylic acids is 1. The fourth-order valence-electron chi connectivity index (χ4n) is 1.46. The molecule has 0 bridgehead atoms. The molecule has 9 nitrogen and oxygen atoms in total. The molecule has 1 rings (SSSR count). The standard InChI is InChI=1S/C11H13N3O6/c1-20-9(11(16)17)5-13-7-4-6(10(12)15)2-3-8(7)14(18)19/h2-4,9,13H,5H2,1H3,(H2,12,15)(H,16,17). The minimum absolute atomic E-state index is 0.00500. The van der Waals surface area contributed by atoms with Gasteiger partial charge < -0.3 is 20.9 Å². The van der Waals surface area contributed by atoms with Crippen LogP contribution in [0.15, 0.2) is 18.2 Å². The number of nitrogens with one attached hydrogen (secondary N) is 1. The minimum atomic E-state index is -1.21. The van der Waals surface area contributed by atoms with Gasteiger partial charge in [-0.1, -0.05) is 0 Å². The highest BCUT2D eigenvalue weighted by atomic mass is 16.6. The molecule has 20 heavy (non-hydrogen) atoms. The van der Waals surface area contributed by atoms with Gasteiger partial charge in [0.05, 0.1) is 11.5 Å². The van der Waals surface area contributed by atoms with Gasteiger partial charge in [0.15, 0.2) is 6.10 Å². The number of aliphatic carboxylic acids is 1. The number of nitrogens with two attached hydrogens (primary N) is 1. The molecule has 9 heteroatoms. The van der Waals surface area contributed by atoms with E-state index in [4.69, 9.17) is 10.8 Å². The first kappa shape index (κ1) is 15.4. The molecule has 0 saturated heterocycles. The molecule has 0 heterocycles. The lowest BCUT2D eigenvalue weighted by atomic mass is 10.1. The van der Waals surface area contributed by atoms with Gasteiger partial charge >= 0.3 is 5.97 Å². The van der Waals surface area contributed by atoms with E-state index in [0.29, 0.717) is 0 Å². The van der Waals surface area contributed by atoms with Gasteiger partial charge in [0.1, 0.15) is 5.69 Å². The Morgan fingerprint density at radius 3 is 2.65 bits per heavy atom. The molecule has 0 saturated carbocycles. The number of nitrogens with zero attached hydrogens (tertiary/aromatic N) is 1. The van der Waals surface area contributed by atoms with Gasteiger partial charge in [-0.05, 0) is 12.1 Å². The Morgan fingerprint density at radius 1 is 1.55 bits per heavy atom. The molecule has 1 atom stereocenters. The zero-order valence-electron chi connectivity index (χ0n) is 10.5. The molecule has 0 aliphatic carbocycles. The number of carboxylic acid groups (broad SMARTS) is 1. The Labute approximate surface area is 113 Å². The summed E-state index contributed by atoms with van der Waals surface area (Å²) in [5.74, 6) is -1.96. The second-order valence-corrected chi connectivity index (χ2v) is 3.80. The fraction of sp³-hybridized carbons (Fsp3) is 0.273. The highest BCUT2D eigenvalue weighted by molar-refractivity contribution is 5.94. The number of hydrogen-bond acceptors (Lipinski definition) is 6. The summed E-state index contributed by atoms with van der Waals surface area (Å²) in [6, 6.07) is 3.52. The van der Waals surface area contributed by atoms with Crippen LogP contribution in [-0.4, -0.2) is 41.7 Å². The number of carbonyl (C=O) groups is 2. The summed E-state index contributed by atoms with van der Waals surface area (Å²) in [6.45, 7) is -0.200. The lowest BCUT2D eigenvalue weighted by Gasteiger charge is -2.13. The van der Waals surface area contributed by atoms with Gasteiger partial charge in [0.25, 0.3) is 5.69 Å². The minimum Gasteiger partial charge on any atom is -0.479 e. The van der Waals surface area contributed by atoms with Gasteiger partial charge in [-0.15, -0.1) is 0 Å². The molecule has 1 amide bonds. The van der Waals surface area contributed by atoms with Gasteiger partial charge in [-0.3, -0.25) is 14.9 Å². The summed E-state index contributed by atoms with van der Waals surface area (Å²) in [5, 5.41) is 22.2. The summed E-state index contributed by atoms with van der Waals surface area (Å²) in [4.78, 5) is 32.0. The number of nitro groups is 1. The summed E-state index contributed by atoms with van der Waals surface area (Å²) in [6.07, 6.45) is -1.17. The number of primary amides is 1. The number of anilines is 1. The maximum Gasteiger partial charge on any atom is 0.334 e. The Bertz CT molecular complexity index is 545. The van der Waals surface area contributed by atoms with Crippen molar-refractivity contribution < 1.29 is 24.4 Å². The summed E-state index contributed by atoms with van der Waals surface area (Å²) in [5.41, 5.74) is 4.85. The molecule has 0 radical (unpaired) electrons. The van der Waals surface area contributed by atoms with Crippen molar-refractivity contribution in [2.75, 3.05) is 19.0 Å². The van der Waals surface area contributed by atoms with Gasteiger partial charge in [-0.25, -0.2) is 4.79 Å². The Balaban J connectivity index is 3.01. The molecule has 1 aromatic carbocycles. The lowest BCUT2D eigenvalue weighted by Crippen LogP contribution is -2.30. The maximum absolute atomic E-state index is 11.0. The maximum atomic E-state index is 11.0. The Hall–Kier alpha value is -2.68. The molecule has 0 spiro atoms. The third-order valence-electron chi connectivity index (χ3n) is 2.52. The van der Waals surface area contributed by atoms with Crippen LogP contribution in [0.5, 0.6) is 0 Å². The van der Waals surface area contributed by atoms with E-state index in [1.807, 2.05) is 0 Å². The topological polar surface area (TPSA) is 145 Å². The monoisotopic (exact) mass is 283 g/mol. The van der Waals surface area contributed by atoms with Gasteiger partial charge in [0.2, 0.25) is 5.91 Å². The predicted octanol–water partition coefficient (Wildman–Crippen LogP) is 0.205.